The lowest BCUT2D eigenvalue weighted by atomic mass is 9.98. The van der Waals surface area contributed by atoms with E-state index in [1.165, 1.54) is 19.3 Å². The molecule has 4 N–H and O–H groups in total. The molecule has 0 bridgehead atoms. The maximum atomic E-state index is 11.9. The van der Waals surface area contributed by atoms with Crippen molar-refractivity contribution in [2.45, 2.75) is 38.2 Å². The highest BCUT2D eigenvalue weighted by molar-refractivity contribution is 5.94. The fourth-order valence-electron chi connectivity index (χ4n) is 2.44. The number of nitrogens with one attached hydrogen (secondary N) is 2. The van der Waals surface area contributed by atoms with Crippen molar-refractivity contribution in [3.63, 3.8) is 0 Å². The summed E-state index contributed by atoms with van der Waals surface area (Å²) in [5.74, 6) is 5.20. The minimum Gasteiger partial charge on any atom is -0.376 e. The zero-order valence-corrected chi connectivity index (χ0v) is 11.7. The van der Waals surface area contributed by atoms with E-state index in [0.717, 1.165) is 18.5 Å². The molecule has 0 heterocycles. The standard InChI is InChI=1S/C15H23N3O2/c16-18-13-8-6-12(7-9-13)15(19)17-10-11-20-14-4-2-1-3-5-14/h6-9,14,18H,1-5,10-11,16H2,(H,17,19). The van der Waals surface area contributed by atoms with Crippen LogP contribution in [0.1, 0.15) is 42.5 Å². The SMILES string of the molecule is NNc1ccc(C(=O)NCCOC2CCCCC2)cc1. The van der Waals surface area contributed by atoms with Crippen LogP contribution in [0.3, 0.4) is 0 Å². The van der Waals surface area contributed by atoms with Crippen LogP contribution in [-0.2, 0) is 4.74 Å². The fourth-order valence-corrected chi connectivity index (χ4v) is 2.44. The maximum absolute atomic E-state index is 11.9. The molecule has 1 amide bonds. The highest BCUT2D eigenvalue weighted by atomic mass is 16.5. The molecular formula is C15H23N3O2. The van der Waals surface area contributed by atoms with Gasteiger partial charge in [0, 0.05) is 17.8 Å². The summed E-state index contributed by atoms with van der Waals surface area (Å²) in [4.78, 5) is 11.9. The van der Waals surface area contributed by atoms with Gasteiger partial charge in [-0.3, -0.25) is 10.6 Å². The lowest BCUT2D eigenvalue weighted by molar-refractivity contribution is 0.0299. The third-order valence-electron chi connectivity index (χ3n) is 3.61. The summed E-state index contributed by atoms with van der Waals surface area (Å²) >= 11 is 0. The van der Waals surface area contributed by atoms with Gasteiger partial charge in [0.2, 0.25) is 0 Å². The molecule has 2 rings (SSSR count). The topological polar surface area (TPSA) is 76.4 Å². The van der Waals surface area contributed by atoms with E-state index >= 15 is 0 Å². The monoisotopic (exact) mass is 277 g/mol. The predicted molar refractivity (Wildman–Crippen MR) is 79.4 cm³/mol. The molecule has 1 aliphatic carbocycles. The molecule has 1 saturated carbocycles. The van der Waals surface area contributed by atoms with Crippen LogP contribution >= 0.6 is 0 Å². The molecule has 5 heteroatoms. The van der Waals surface area contributed by atoms with Crippen molar-refractivity contribution >= 4 is 11.6 Å². The third kappa shape index (κ3) is 4.51. The van der Waals surface area contributed by atoms with Crippen LogP contribution in [0.15, 0.2) is 24.3 Å². The Morgan fingerprint density at radius 2 is 1.90 bits per heavy atom. The second kappa shape index (κ2) is 7.87. The van der Waals surface area contributed by atoms with E-state index in [0.29, 0.717) is 24.8 Å². The smallest absolute Gasteiger partial charge is 0.251 e. The van der Waals surface area contributed by atoms with Gasteiger partial charge in [-0.2, -0.15) is 0 Å². The van der Waals surface area contributed by atoms with Crippen molar-refractivity contribution < 1.29 is 9.53 Å². The average Bonchev–Trinajstić information content (AvgIpc) is 2.52. The minimum atomic E-state index is -0.0826. The molecule has 0 radical (unpaired) electrons. The molecule has 0 spiro atoms. The molecular weight excluding hydrogens is 254 g/mol. The number of anilines is 1. The van der Waals surface area contributed by atoms with Crippen LogP contribution in [0.4, 0.5) is 5.69 Å². The molecule has 0 saturated heterocycles. The van der Waals surface area contributed by atoms with Gasteiger partial charge in [-0.1, -0.05) is 19.3 Å². The van der Waals surface area contributed by atoms with Gasteiger partial charge in [-0.25, -0.2) is 0 Å². The molecule has 0 atom stereocenters. The lowest BCUT2D eigenvalue weighted by Gasteiger charge is -2.22. The Labute approximate surface area is 119 Å². The molecule has 1 aromatic carbocycles. The second-order valence-electron chi connectivity index (χ2n) is 5.11. The van der Waals surface area contributed by atoms with Crippen molar-refractivity contribution in [1.82, 2.24) is 5.32 Å². The summed E-state index contributed by atoms with van der Waals surface area (Å²) in [5.41, 5.74) is 3.94. The molecule has 1 aromatic rings. The van der Waals surface area contributed by atoms with Crippen LogP contribution < -0.4 is 16.6 Å². The van der Waals surface area contributed by atoms with Crippen molar-refractivity contribution in [1.29, 1.82) is 0 Å². The number of hydrogen-bond donors (Lipinski definition) is 3. The number of carbonyl (C=O) groups is 1. The number of ether oxygens (including phenoxy) is 1. The van der Waals surface area contributed by atoms with Gasteiger partial charge in [0.25, 0.3) is 5.91 Å². The molecule has 0 unspecified atom stereocenters. The first kappa shape index (κ1) is 14.8. The van der Waals surface area contributed by atoms with Gasteiger partial charge in [0.1, 0.15) is 0 Å². The second-order valence-corrected chi connectivity index (χ2v) is 5.11. The molecule has 20 heavy (non-hydrogen) atoms. The van der Waals surface area contributed by atoms with Crippen molar-refractivity contribution in [2.24, 2.45) is 5.84 Å². The Bertz CT molecular complexity index is 414. The summed E-state index contributed by atoms with van der Waals surface area (Å²) in [6, 6.07) is 7.03. The van der Waals surface area contributed by atoms with Crippen LogP contribution in [0.2, 0.25) is 0 Å². The Hall–Kier alpha value is -1.59. The Kier molecular flexibility index (Phi) is 5.83. The quantitative estimate of drug-likeness (QED) is 0.422. The number of carbonyl (C=O) groups excluding carboxylic acids is 1. The fraction of sp³-hybridized carbons (Fsp3) is 0.533. The Morgan fingerprint density at radius 3 is 2.55 bits per heavy atom. The lowest BCUT2D eigenvalue weighted by Crippen LogP contribution is -2.29. The van der Waals surface area contributed by atoms with E-state index in [1.807, 2.05) is 0 Å². The van der Waals surface area contributed by atoms with Crippen LogP contribution in [0.5, 0.6) is 0 Å². The number of hydrogen-bond acceptors (Lipinski definition) is 4. The number of nitrogens with two attached hydrogens (primary N) is 1. The average molecular weight is 277 g/mol. The summed E-state index contributed by atoms with van der Waals surface area (Å²) in [7, 11) is 0. The first-order chi connectivity index (χ1) is 9.79. The van der Waals surface area contributed by atoms with Crippen LogP contribution in [0, 0.1) is 0 Å². The van der Waals surface area contributed by atoms with Gasteiger partial charge in [-0.15, -0.1) is 0 Å². The summed E-state index contributed by atoms with van der Waals surface area (Å²) in [6.07, 6.45) is 6.54. The van der Waals surface area contributed by atoms with Crippen LogP contribution in [0.25, 0.3) is 0 Å². The van der Waals surface area contributed by atoms with E-state index in [-0.39, 0.29) is 5.91 Å². The Balaban J connectivity index is 1.66. The molecule has 0 aliphatic heterocycles. The zero-order valence-electron chi connectivity index (χ0n) is 11.7. The number of rotatable bonds is 6. The van der Waals surface area contributed by atoms with Crippen molar-refractivity contribution in [2.75, 3.05) is 18.6 Å². The molecule has 1 aliphatic rings. The molecule has 0 aromatic heterocycles. The zero-order chi connectivity index (χ0) is 14.2. The van der Waals surface area contributed by atoms with E-state index in [4.69, 9.17) is 10.6 Å². The van der Waals surface area contributed by atoms with Gasteiger partial charge < -0.3 is 15.5 Å². The largest absolute Gasteiger partial charge is 0.376 e. The number of nitrogen functional groups attached to an aromatic ring is 1. The van der Waals surface area contributed by atoms with Gasteiger partial charge in [-0.05, 0) is 37.1 Å². The van der Waals surface area contributed by atoms with E-state index in [1.54, 1.807) is 24.3 Å². The van der Waals surface area contributed by atoms with Gasteiger partial charge >= 0.3 is 0 Å². The normalized spacial score (nSPS) is 15.8. The van der Waals surface area contributed by atoms with Crippen molar-refractivity contribution in [3.8, 4) is 0 Å². The number of amides is 1. The molecule has 1 fully saturated rings. The van der Waals surface area contributed by atoms with Gasteiger partial charge in [0.05, 0.1) is 12.7 Å². The highest BCUT2D eigenvalue weighted by Crippen LogP contribution is 2.19. The van der Waals surface area contributed by atoms with Crippen LogP contribution in [-0.4, -0.2) is 25.2 Å². The third-order valence-corrected chi connectivity index (χ3v) is 3.61. The predicted octanol–water partition coefficient (Wildman–Crippen LogP) is 2.05. The Morgan fingerprint density at radius 1 is 1.20 bits per heavy atom. The summed E-state index contributed by atoms with van der Waals surface area (Å²) in [5, 5.41) is 2.86. The number of hydrazine groups is 1. The molecule has 5 nitrogen and oxygen atoms in total. The first-order valence-electron chi connectivity index (χ1n) is 7.26. The van der Waals surface area contributed by atoms with E-state index in [9.17, 15) is 4.79 Å². The highest BCUT2D eigenvalue weighted by Gasteiger charge is 2.13. The molecule has 110 valence electrons. The summed E-state index contributed by atoms with van der Waals surface area (Å²) < 4.78 is 5.76. The van der Waals surface area contributed by atoms with Crippen molar-refractivity contribution in [3.05, 3.63) is 29.8 Å². The minimum absolute atomic E-state index is 0.0826. The van der Waals surface area contributed by atoms with E-state index in [2.05, 4.69) is 10.7 Å². The van der Waals surface area contributed by atoms with Gasteiger partial charge in [0.15, 0.2) is 0 Å². The first-order valence-corrected chi connectivity index (χ1v) is 7.26. The number of benzene rings is 1. The van der Waals surface area contributed by atoms with E-state index < -0.39 is 0 Å². The maximum Gasteiger partial charge on any atom is 0.251 e. The summed E-state index contributed by atoms with van der Waals surface area (Å²) in [6.45, 7) is 1.13.